The van der Waals surface area contributed by atoms with Crippen LogP contribution in [0.2, 0.25) is 0 Å². The lowest BCUT2D eigenvalue weighted by Crippen LogP contribution is -2.30. The van der Waals surface area contributed by atoms with Gasteiger partial charge in [-0.15, -0.1) is 0 Å². The summed E-state index contributed by atoms with van der Waals surface area (Å²) < 4.78 is 16.6. The second-order valence-electron chi connectivity index (χ2n) is 6.19. The summed E-state index contributed by atoms with van der Waals surface area (Å²) in [5.41, 5.74) is 1.21. The standard InChI is InChI=1S/C23H20N2O4/c1-16(23(26)25-18-4-3-5-22(14-18)27-2)28-19-10-12-21(13-11-19)29-20-8-6-17(15-24)7-9-20/h3-14,16H,1-2H3,(H,25,26). The van der Waals surface area contributed by atoms with Gasteiger partial charge in [-0.2, -0.15) is 5.26 Å². The highest BCUT2D eigenvalue weighted by Crippen LogP contribution is 2.25. The highest BCUT2D eigenvalue weighted by Gasteiger charge is 2.15. The van der Waals surface area contributed by atoms with Crippen LogP contribution in [-0.2, 0) is 4.79 Å². The lowest BCUT2D eigenvalue weighted by atomic mass is 10.2. The van der Waals surface area contributed by atoms with Crippen molar-refractivity contribution in [2.24, 2.45) is 0 Å². The van der Waals surface area contributed by atoms with Gasteiger partial charge < -0.3 is 19.5 Å². The minimum atomic E-state index is -0.688. The number of hydrogen-bond donors (Lipinski definition) is 1. The van der Waals surface area contributed by atoms with Crippen LogP contribution in [0.5, 0.6) is 23.0 Å². The summed E-state index contributed by atoms with van der Waals surface area (Å²) in [7, 11) is 1.57. The molecule has 0 aliphatic carbocycles. The van der Waals surface area contributed by atoms with Crippen LogP contribution in [-0.4, -0.2) is 19.1 Å². The fourth-order valence-electron chi connectivity index (χ4n) is 2.52. The van der Waals surface area contributed by atoms with Crippen molar-refractivity contribution in [3.63, 3.8) is 0 Å². The molecule has 29 heavy (non-hydrogen) atoms. The van der Waals surface area contributed by atoms with E-state index in [-0.39, 0.29) is 5.91 Å². The molecule has 1 unspecified atom stereocenters. The number of nitriles is 1. The number of carbonyl (C=O) groups excluding carboxylic acids is 1. The average Bonchev–Trinajstić information content (AvgIpc) is 2.75. The van der Waals surface area contributed by atoms with Gasteiger partial charge in [0.1, 0.15) is 23.0 Å². The predicted octanol–water partition coefficient (Wildman–Crippen LogP) is 4.77. The number of nitrogens with zero attached hydrogens (tertiary/aromatic N) is 1. The van der Waals surface area contributed by atoms with E-state index >= 15 is 0 Å². The Kier molecular flexibility index (Phi) is 6.33. The number of carbonyl (C=O) groups is 1. The number of rotatable bonds is 7. The molecular weight excluding hydrogens is 368 g/mol. The second-order valence-corrected chi connectivity index (χ2v) is 6.19. The smallest absolute Gasteiger partial charge is 0.265 e. The van der Waals surface area contributed by atoms with Crippen molar-refractivity contribution in [2.45, 2.75) is 13.0 Å². The topological polar surface area (TPSA) is 80.6 Å². The highest BCUT2D eigenvalue weighted by molar-refractivity contribution is 5.94. The van der Waals surface area contributed by atoms with E-state index in [9.17, 15) is 4.79 Å². The van der Waals surface area contributed by atoms with Crippen LogP contribution in [0.4, 0.5) is 5.69 Å². The zero-order valence-corrected chi connectivity index (χ0v) is 16.1. The molecular formula is C23H20N2O4. The van der Waals surface area contributed by atoms with Gasteiger partial charge in [-0.3, -0.25) is 4.79 Å². The molecule has 0 fully saturated rings. The molecule has 3 aromatic carbocycles. The Balaban J connectivity index is 1.56. The molecule has 0 heterocycles. The third kappa shape index (κ3) is 5.50. The number of benzene rings is 3. The molecule has 0 radical (unpaired) electrons. The maximum Gasteiger partial charge on any atom is 0.265 e. The van der Waals surface area contributed by atoms with Crippen molar-refractivity contribution in [3.8, 4) is 29.1 Å². The van der Waals surface area contributed by atoms with Gasteiger partial charge in [0, 0.05) is 11.8 Å². The first-order valence-electron chi connectivity index (χ1n) is 8.97. The monoisotopic (exact) mass is 388 g/mol. The fraction of sp³-hybridized carbons (Fsp3) is 0.130. The number of nitrogens with one attached hydrogen (secondary N) is 1. The Morgan fingerprint density at radius 3 is 2.17 bits per heavy atom. The minimum absolute atomic E-state index is 0.267. The van der Waals surface area contributed by atoms with E-state index in [1.54, 1.807) is 86.8 Å². The number of ether oxygens (including phenoxy) is 3. The zero-order valence-electron chi connectivity index (χ0n) is 16.1. The van der Waals surface area contributed by atoms with Crippen molar-refractivity contribution in [1.82, 2.24) is 0 Å². The minimum Gasteiger partial charge on any atom is -0.497 e. The Morgan fingerprint density at radius 2 is 1.55 bits per heavy atom. The highest BCUT2D eigenvalue weighted by atomic mass is 16.5. The van der Waals surface area contributed by atoms with Gasteiger partial charge in [0.2, 0.25) is 0 Å². The summed E-state index contributed by atoms with van der Waals surface area (Å²) in [5.74, 6) is 2.19. The molecule has 0 aromatic heterocycles. The van der Waals surface area contributed by atoms with E-state index in [2.05, 4.69) is 11.4 Å². The predicted molar refractivity (Wildman–Crippen MR) is 109 cm³/mol. The molecule has 1 atom stereocenters. The molecule has 146 valence electrons. The Labute approximate surface area is 169 Å². The van der Waals surface area contributed by atoms with Gasteiger partial charge in [-0.25, -0.2) is 0 Å². The van der Waals surface area contributed by atoms with Crippen LogP contribution < -0.4 is 19.5 Å². The molecule has 6 heteroatoms. The molecule has 0 saturated heterocycles. The van der Waals surface area contributed by atoms with Crippen LogP contribution in [0.3, 0.4) is 0 Å². The third-order valence-electron chi connectivity index (χ3n) is 4.06. The van der Waals surface area contributed by atoms with E-state index in [0.29, 0.717) is 34.2 Å². The molecule has 1 amide bonds. The van der Waals surface area contributed by atoms with E-state index in [0.717, 1.165) is 0 Å². The maximum atomic E-state index is 12.4. The van der Waals surface area contributed by atoms with Crippen LogP contribution in [0.15, 0.2) is 72.8 Å². The Hall–Kier alpha value is -3.98. The van der Waals surface area contributed by atoms with Crippen LogP contribution in [0.25, 0.3) is 0 Å². The lowest BCUT2D eigenvalue weighted by Gasteiger charge is -2.15. The van der Waals surface area contributed by atoms with Gasteiger partial charge in [0.05, 0.1) is 18.7 Å². The molecule has 0 saturated carbocycles. The third-order valence-corrected chi connectivity index (χ3v) is 4.06. The fourth-order valence-corrected chi connectivity index (χ4v) is 2.52. The molecule has 3 rings (SSSR count). The van der Waals surface area contributed by atoms with Gasteiger partial charge >= 0.3 is 0 Å². The van der Waals surface area contributed by atoms with Gasteiger partial charge in [-0.1, -0.05) is 6.07 Å². The lowest BCUT2D eigenvalue weighted by molar-refractivity contribution is -0.122. The van der Waals surface area contributed by atoms with Crippen molar-refractivity contribution in [2.75, 3.05) is 12.4 Å². The summed E-state index contributed by atoms with van der Waals surface area (Å²) in [6, 6.07) is 23.0. The average molecular weight is 388 g/mol. The Bertz CT molecular complexity index is 1010. The first kappa shape index (κ1) is 19.8. The van der Waals surface area contributed by atoms with Crippen molar-refractivity contribution < 1.29 is 19.0 Å². The number of hydrogen-bond acceptors (Lipinski definition) is 5. The summed E-state index contributed by atoms with van der Waals surface area (Å²) >= 11 is 0. The largest absolute Gasteiger partial charge is 0.497 e. The summed E-state index contributed by atoms with van der Waals surface area (Å²) in [6.07, 6.45) is -0.688. The summed E-state index contributed by atoms with van der Waals surface area (Å²) in [5, 5.41) is 11.6. The molecule has 3 aromatic rings. The van der Waals surface area contributed by atoms with Crippen LogP contribution >= 0.6 is 0 Å². The van der Waals surface area contributed by atoms with E-state index < -0.39 is 6.10 Å². The molecule has 0 bridgehead atoms. The van der Waals surface area contributed by atoms with E-state index in [1.807, 2.05) is 0 Å². The van der Waals surface area contributed by atoms with Gasteiger partial charge in [0.25, 0.3) is 5.91 Å². The first-order chi connectivity index (χ1) is 14.1. The van der Waals surface area contributed by atoms with Crippen molar-refractivity contribution in [3.05, 3.63) is 78.4 Å². The van der Waals surface area contributed by atoms with E-state index in [4.69, 9.17) is 19.5 Å². The van der Waals surface area contributed by atoms with Crippen molar-refractivity contribution in [1.29, 1.82) is 5.26 Å². The first-order valence-corrected chi connectivity index (χ1v) is 8.97. The SMILES string of the molecule is COc1cccc(NC(=O)C(C)Oc2ccc(Oc3ccc(C#N)cc3)cc2)c1. The second kappa shape index (κ2) is 9.29. The van der Waals surface area contributed by atoms with Crippen molar-refractivity contribution >= 4 is 11.6 Å². The van der Waals surface area contributed by atoms with Gasteiger partial charge in [0.15, 0.2) is 6.10 Å². The zero-order chi connectivity index (χ0) is 20.6. The number of anilines is 1. The normalized spacial score (nSPS) is 11.1. The molecule has 0 aliphatic rings. The number of methoxy groups -OCH3 is 1. The number of amides is 1. The molecule has 1 N–H and O–H groups in total. The quantitative estimate of drug-likeness (QED) is 0.631. The van der Waals surface area contributed by atoms with Gasteiger partial charge in [-0.05, 0) is 67.6 Å². The maximum absolute atomic E-state index is 12.4. The summed E-state index contributed by atoms with van der Waals surface area (Å²) in [4.78, 5) is 12.4. The molecule has 6 nitrogen and oxygen atoms in total. The van der Waals surface area contributed by atoms with Crippen LogP contribution in [0, 0.1) is 11.3 Å². The summed E-state index contributed by atoms with van der Waals surface area (Å²) in [6.45, 7) is 1.68. The molecule has 0 spiro atoms. The molecule has 0 aliphatic heterocycles. The van der Waals surface area contributed by atoms with E-state index in [1.165, 1.54) is 0 Å². The van der Waals surface area contributed by atoms with Crippen LogP contribution in [0.1, 0.15) is 12.5 Å². The Morgan fingerprint density at radius 1 is 0.931 bits per heavy atom.